The van der Waals surface area contributed by atoms with Gasteiger partial charge in [0.25, 0.3) is 11.6 Å². The predicted molar refractivity (Wildman–Crippen MR) is 101 cm³/mol. The first kappa shape index (κ1) is 18.4. The number of carbonyl (C=O) groups excluding carboxylic acids is 2. The number of nitrogens with zero attached hydrogens (tertiary/aromatic N) is 2. The standard InChI is InChI=1S/C20H19N3O4/c1-12(2)17-11-20(25)22-18-10-14(5-8-16(17)18)21-19(24)9-13-3-6-15(7-4-13)23(26)27/h3-8,10-12,16H,9H2,1-2H3,(H,22,25). The molecule has 1 aliphatic carbocycles. The van der Waals surface area contributed by atoms with Gasteiger partial charge in [-0.3, -0.25) is 19.7 Å². The van der Waals surface area contributed by atoms with E-state index < -0.39 is 4.92 Å². The van der Waals surface area contributed by atoms with Crippen molar-refractivity contribution in [3.63, 3.8) is 0 Å². The van der Waals surface area contributed by atoms with E-state index in [9.17, 15) is 19.7 Å². The first-order valence-electron chi connectivity index (χ1n) is 8.60. The Kier molecular flexibility index (Phi) is 5.12. The van der Waals surface area contributed by atoms with E-state index in [2.05, 4.69) is 10.3 Å². The quantitative estimate of drug-likeness (QED) is 0.655. The molecule has 1 aromatic carbocycles. The zero-order valence-corrected chi connectivity index (χ0v) is 15.0. The van der Waals surface area contributed by atoms with Gasteiger partial charge in [-0.25, -0.2) is 4.99 Å². The largest absolute Gasteiger partial charge is 0.325 e. The summed E-state index contributed by atoms with van der Waals surface area (Å²) in [7, 11) is 0. The highest BCUT2D eigenvalue weighted by molar-refractivity contribution is 6.11. The monoisotopic (exact) mass is 365 g/mol. The van der Waals surface area contributed by atoms with E-state index in [1.54, 1.807) is 30.4 Å². The molecule has 1 aliphatic heterocycles. The lowest BCUT2D eigenvalue weighted by atomic mass is 9.82. The number of nitrogens with one attached hydrogen (secondary N) is 1. The van der Waals surface area contributed by atoms with Crippen LogP contribution in [0.15, 0.2) is 64.8 Å². The molecular formula is C20H19N3O4. The lowest BCUT2D eigenvalue weighted by Gasteiger charge is -2.29. The molecule has 1 N–H and O–H groups in total. The van der Waals surface area contributed by atoms with Crippen molar-refractivity contribution < 1.29 is 14.5 Å². The Morgan fingerprint density at radius 1 is 1.26 bits per heavy atom. The molecule has 0 radical (unpaired) electrons. The van der Waals surface area contributed by atoms with Crippen molar-refractivity contribution >= 4 is 23.2 Å². The molecule has 0 bridgehead atoms. The minimum atomic E-state index is -0.487. The highest BCUT2D eigenvalue weighted by atomic mass is 16.6. The Morgan fingerprint density at radius 3 is 2.59 bits per heavy atom. The highest BCUT2D eigenvalue weighted by Gasteiger charge is 2.27. The van der Waals surface area contributed by atoms with Crippen LogP contribution in [0.5, 0.6) is 0 Å². The molecule has 1 aromatic rings. The minimum absolute atomic E-state index is 0.00794. The Hall–Kier alpha value is -3.35. The predicted octanol–water partition coefficient (Wildman–Crippen LogP) is 2.89. The number of nitro benzene ring substituents is 1. The van der Waals surface area contributed by atoms with Gasteiger partial charge in [-0.2, -0.15) is 0 Å². The first-order valence-corrected chi connectivity index (χ1v) is 8.60. The van der Waals surface area contributed by atoms with E-state index in [0.29, 0.717) is 11.3 Å². The average Bonchev–Trinajstić information content (AvgIpc) is 2.60. The Bertz CT molecular complexity index is 921. The van der Waals surface area contributed by atoms with Crippen LogP contribution in [0.3, 0.4) is 0 Å². The Morgan fingerprint density at radius 2 is 1.96 bits per heavy atom. The third-order valence-electron chi connectivity index (χ3n) is 4.45. The van der Waals surface area contributed by atoms with Gasteiger partial charge >= 0.3 is 0 Å². The van der Waals surface area contributed by atoms with Crippen molar-refractivity contribution in [1.29, 1.82) is 0 Å². The Labute approximate surface area is 156 Å². The van der Waals surface area contributed by atoms with E-state index in [1.807, 2.05) is 19.9 Å². The summed E-state index contributed by atoms with van der Waals surface area (Å²) in [6.07, 6.45) is 7.09. The topological polar surface area (TPSA) is 102 Å². The lowest BCUT2D eigenvalue weighted by molar-refractivity contribution is -0.384. The molecule has 1 heterocycles. The van der Waals surface area contributed by atoms with Crippen LogP contribution in [0.2, 0.25) is 0 Å². The number of amides is 2. The number of fused-ring (bicyclic) bond motifs is 1. The molecule has 7 nitrogen and oxygen atoms in total. The molecule has 7 heteroatoms. The summed E-state index contributed by atoms with van der Waals surface area (Å²) in [6, 6.07) is 5.81. The number of rotatable bonds is 4. The van der Waals surface area contributed by atoms with Crippen molar-refractivity contribution in [1.82, 2.24) is 5.32 Å². The van der Waals surface area contributed by atoms with E-state index >= 15 is 0 Å². The van der Waals surface area contributed by atoms with Gasteiger partial charge < -0.3 is 5.32 Å². The number of hydrogen-bond donors (Lipinski definition) is 1. The van der Waals surface area contributed by atoms with Gasteiger partial charge in [0, 0.05) is 29.8 Å². The van der Waals surface area contributed by atoms with Crippen LogP contribution in [0.1, 0.15) is 19.4 Å². The van der Waals surface area contributed by atoms with Crippen LogP contribution in [0.4, 0.5) is 5.69 Å². The molecule has 2 amide bonds. The summed E-state index contributed by atoms with van der Waals surface area (Å²) < 4.78 is 0. The summed E-state index contributed by atoms with van der Waals surface area (Å²) in [5.74, 6) is -0.309. The van der Waals surface area contributed by atoms with E-state index in [0.717, 1.165) is 11.3 Å². The van der Waals surface area contributed by atoms with Crippen LogP contribution >= 0.6 is 0 Å². The average molecular weight is 365 g/mol. The third kappa shape index (κ3) is 4.25. The number of aliphatic imine (C=N–C) groups is 1. The first-order chi connectivity index (χ1) is 12.8. The lowest BCUT2D eigenvalue weighted by Crippen LogP contribution is -2.34. The van der Waals surface area contributed by atoms with Gasteiger partial charge in [0.1, 0.15) is 0 Å². The molecule has 3 rings (SSSR count). The zero-order valence-electron chi connectivity index (χ0n) is 15.0. The van der Waals surface area contributed by atoms with Gasteiger partial charge in [-0.1, -0.05) is 32.1 Å². The maximum Gasteiger partial charge on any atom is 0.269 e. The number of non-ortho nitro benzene ring substituents is 1. The van der Waals surface area contributed by atoms with Gasteiger partial charge in [-0.15, -0.1) is 0 Å². The van der Waals surface area contributed by atoms with Gasteiger partial charge in [0.05, 0.1) is 17.1 Å². The van der Waals surface area contributed by atoms with Crippen LogP contribution in [-0.4, -0.2) is 22.4 Å². The van der Waals surface area contributed by atoms with Gasteiger partial charge in [0.2, 0.25) is 5.91 Å². The number of carbonyl (C=O) groups is 2. The van der Waals surface area contributed by atoms with E-state index in [-0.39, 0.29) is 35.8 Å². The zero-order chi connectivity index (χ0) is 19.6. The molecule has 1 unspecified atom stereocenters. The number of hydrogen-bond acceptors (Lipinski definition) is 4. The molecule has 0 fully saturated rings. The smallest absolute Gasteiger partial charge is 0.269 e. The van der Waals surface area contributed by atoms with Crippen molar-refractivity contribution in [3.05, 3.63) is 75.5 Å². The van der Waals surface area contributed by atoms with Crippen LogP contribution < -0.4 is 5.32 Å². The van der Waals surface area contributed by atoms with Crippen LogP contribution in [-0.2, 0) is 16.0 Å². The SMILES string of the molecule is CC(C)C1=CC(=O)NC2=CC(=NC(=O)Cc3ccc([N+](=O)[O-])cc3)C=CC21. The minimum Gasteiger partial charge on any atom is -0.325 e. The van der Waals surface area contributed by atoms with E-state index in [4.69, 9.17) is 0 Å². The fraction of sp³-hybridized carbons (Fsp3) is 0.250. The van der Waals surface area contributed by atoms with Crippen molar-refractivity contribution in [2.45, 2.75) is 20.3 Å². The second-order valence-corrected chi connectivity index (χ2v) is 6.76. The molecular weight excluding hydrogens is 346 g/mol. The second-order valence-electron chi connectivity index (χ2n) is 6.76. The molecule has 138 valence electrons. The third-order valence-corrected chi connectivity index (χ3v) is 4.45. The highest BCUT2D eigenvalue weighted by Crippen LogP contribution is 2.31. The maximum atomic E-state index is 12.2. The van der Waals surface area contributed by atoms with Crippen LogP contribution in [0.25, 0.3) is 0 Å². The van der Waals surface area contributed by atoms with Crippen molar-refractivity contribution in [2.24, 2.45) is 16.8 Å². The molecule has 1 atom stereocenters. The summed E-state index contributed by atoms with van der Waals surface area (Å²) in [5.41, 5.74) is 2.84. The second kappa shape index (κ2) is 7.49. The summed E-state index contributed by atoms with van der Waals surface area (Å²) in [5, 5.41) is 13.5. The number of allylic oxidation sites excluding steroid dienone is 3. The fourth-order valence-electron chi connectivity index (χ4n) is 3.11. The molecule has 0 aromatic heterocycles. The normalized spacial score (nSPS) is 20.0. The molecule has 0 saturated carbocycles. The molecule has 0 saturated heterocycles. The van der Waals surface area contributed by atoms with Crippen molar-refractivity contribution in [2.75, 3.05) is 0 Å². The maximum absolute atomic E-state index is 12.2. The molecule has 2 aliphatic rings. The van der Waals surface area contributed by atoms with Gasteiger partial charge in [-0.05, 0) is 29.2 Å². The van der Waals surface area contributed by atoms with E-state index in [1.165, 1.54) is 12.1 Å². The summed E-state index contributed by atoms with van der Waals surface area (Å²) in [4.78, 5) is 38.4. The molecule has 0 spiro atoms. The number of nitro groups is 1. The van der Waals surface area contributed by atoms with Crippen molar-refractivity contribution in [3.8, 4) is 0 Å². The molecule has 27 heavy (non-hydrogen) atoms. The van der Waals surface area contributed by atoms with Gasteiger partial charge in [0.15, 0.2) is 0 Å². The fourth-order valence-corrected chi connectivity index (χ4v) is 3.11. The Balaban J connectivity index is 1.74. The summed E-state index contributed by atoms with van der Waals surface area (Å²) >= 11 is 0. The summed E-state index contributed by atoms with van der Waals surface area (Å²) in [6.45, 7) is 4.07. The number of benzene rings is 1. The van der Waals surface area contributed by atoms with Crippen LogP contribution in [0, 0.1) is 22.0 Å².